The molecule has 0 unspecified atom stereocenters. The zero-order chi connectivity index (χ0) is 22.2. The standard InChI is InChI=1S/C23H26F2N2O3S/c1-23(2)21(29)20(17-12-16(31-22(24)25)8-9-18(17)30-23)27-11-10-26(14-19(27)28)13-15-6-4-3-5-7-15/h3-9,12,20-22,29H,10-11,13-14H2,1-2H3/t20-,21+/m1/s1. The summed E-state index contributed by atoms with van der Waals surface area (Å²) in [6.07, 6.45) is -0.989. The van der Waals surface area contributed by atoms with Crippen molar-refractivity contribution in [2.24, 2.45) is 0 Å². The summed E-state index contributed by atoms with van der Waals surface area (Å²) in [6.45, 7) is 5.55. The highest BCUT2D eigenvalue weighted by molar-refractivity contribution is 7.99. The molecule has 0 saturated carbocycles. The van der Waals surface area contributed by atoms with E-state index in [1.807, 2.05) is 30.3 Å². The average Bonchev–Trinajstić information content (AvgIpc) is 2.71. The van der Waals surface area contributed by atoms with E-state index in [0.29, 0.717) is 47.6 Å². The van der Waals surface area contributed by atoms with Gasteiger partial charge in [0.05, 0.1) is 12.6 Å². The molecule has 0 aromatic heterocycles. The van der Waals surface area contributed by atoms with Gasteiger partial charge in [0.2, 0.25) is 5.91 Å². The van der Waals surface area contributed by atoms with Crippen LogP contribution in [0.3, 0.4) is 0 Å². The zero-order valence-electron chi connectivity index (χ0n) is 17.5. The van der Waals surface area contributed by atoms with Gasteiger partial charge in [0.15, 0.2) is 0 Å². The van der Waals surface area contributed by atoms with Gasteiger partial charge in [0, 0.05) is 30.1 Å². The van der Waals surface area contributed by atoms with Crippen LogP contribution in [-0.2, 0) is 11.3 Å². The Morgan fingerprint density at radius 2 is 1.94 bits per heavy atom. The van der Waals surface area contributed by atoms with Crippen LogP contribution in [0.2, 0.25) is 0 Å². The van der Waals surface area contributed by atoms with Crippen LogP contribution in [0.15, 0.2) is 53.4 Å². The van der Waals surface area contributed by atoms with Gasteiger partial charge in [0.1, 0.15) is 17.5 Å². The van der Waals surface area contributed by atoms with E-state index in [0.717, 1.165) is 5.56 Å². The number of aliphatic hydroxyl groups excluding tert-OH is 1. The molecule has 1 saturated heterocycles. The highest BCUT2D eigenvalue weighted by Gasteiger charge is 2.47. The Labute approximate surface area is 185 Å². The summed E-state index contributed by atoms with van der Waals surface area (Å²) < 4.78 is 31.8. The van der Waals surface area contributed by atoms with Crippen LogP contribution in [0.25, 0.3) is 0 Å². The fraction of sp³-hybridized carbons (Fsp3) is 0.435. The number of ether oxygens (including phenoxy) is 1. The number of carbonyl (C=O) groups excluding carboxylic acids is 1. The van der Waals surface area contributed by atoms with E-state index in [4.69, 9.17) is 4.74 Å². The lowest BCUT2D eigenvalue weighted by Gasteiger charge is -2.48. The second-order valence-corrected chi connectivity index (χ2v) is 9.52. The molecule has 0 radical (unpaired) electrons. The van der Waals surface area contributed by atoms with Crippen molar-refractivity contribution in [1.82, 2.24) is 9.80 Å². The lowest BCUT2D eigenvalue weighted by atomic mass is 9.85. The summed E-state index contributed by atoms with van der Waals surface area (Å²) >= 11 is 0.441. The minimum absolute atomic E-state index is 0.0956. The molecule has 0 bridgehead atoms. The number of thioether (sulfide) groups is 1. The molecule has 0 spiro atoms. The number of piperazine rings is 1. The van der Waals surface area contributed by atoms with E-state index < -0.39 is 23.5 Å². The highest BCUT2D eigenvalue weighted by Crippen LogP contribution is 2.45. The van der Waals surface area contributed by atoms with Crippen LogP contribution in [-0.4, -0.2) is 57.9 Å². The molecule has 1 fully saturated rings. The van der Waals surface area contributed by atoms with Gasteiger partial charge >= 0.3 is 0 Å². The SMILES string of the molecule is CC1(C)Oc2ccc(SC(F)F)cc2[C@@H](N2CCN(Cc3ccccc3)CC2=O)[C@@H]1O. The third-order valence-electron chi connectivity index (χ3n) is 5.83. The molecule has 2 aliphatic heterocycles. The Kier molecular flexibility index (Phi) is 6.23. The minimum Gasteiger partial charge on any atom is -0.485 e. The second kappa shape index (κ2) is 8.76. The summed E-state index contributed by atoms with van der Waals surface area (Å²) in [5.74, 6) is -2.13. The van der Waals surface area contributed by atoms with Crippen LogP contribution >= 0.6 is 11.8 Å². The lowest BCUT2D eigenvalue weighted by molar-refractivity contribution is -0.150. The zero-order valence-corrected chi connectivity index (χ0v) is 18.3. The van der Waals surface area contributed by atoms with Gasteiger partial charge in [-0.05, 0) is 37.6 Å². The smallest absolute Gasteiger partial charge is 0.288 e. The predicted molar refractivity (Wildman–Crippen MR) is 115 cm³/mol. The van der Waals surface area contributed by atoms with E-state index in [2.05, 4.69) is 4.90 Å². The van der Waals surface area contributed by atoms with Crippen molar-refractivity contribution in [2.45, 2.75) is 48.8 Å². The number of rotatable bonds is 5. The van der Waals surface area contributed by atoms with Crippen molar-refractivity contribution >= 4 is 17.7 Å². The molecule has 2 heterocycles. The van der Waals surface area contributed by atoms with Crippen LogP contribution in [0.4, 0.5) is 8.78 Å². The Morgan fingerprint density at radius 1 is 1.19 bits per heavy atom. The normalized spacial score (nSPS) is 23.5. The number of hydrogen-bond donors (Lipinski definition) is 1. The lowest BCUT2D eigenvalue weighted by Crippen LogP contribution is -2.59. The quantitative estimate of drug-likeness (QED) is 0.703. The van der Waals surface area contributed by atoms with Crippen molar-refractivity contribution in [1.29, 1.82) is 0 Å². The molecule has 4 rings (SSSR count). The average molecular weight is 449 g/mol. The minimum atomic E-state index is -2.55. The maximum atomic E-state index is 13.1. The Hall–Kier alpha value is -2.16. The molecular weight excluding hydrogens is 422 g/mol. The molecule has 31 heavy (non-hydrogen) atoms. The molecule has 0 aliphatic carbocycles. The van der Waals surface area contributed by atoms with Gasteiger partial charge in [-0.3, -0.25) is 9.69 Å². The van der Waals surface area contributed by atoms with E-state index in [1.54, 1.807) is 36.9 Å². The van der Waals surface area contributed by atoms with Gasteiger partial charge in [0.25, 0.3) is 5.76 Å². The van der Waals surface area contributed by atoms with Crippen molar-refractivity contribution in [3.63, 3.8) is 0 Å². The first-order valence-corrected chi connectivity index (χ1v) is 11.1. The maximum Gasteiger partial charge on any atom is 0.288 e. The van der Waals surface area contributed by atoms with Gasteiger partial charge in [-0.2, -0.15) is 8.78 Å². The Morgan fingerprint density at radius 3 is 2.61 bits per heavy atom. The van der Waals surface area contributed by atoms with Gasteiger partial charge in [-0.25, -0.2) is 0 Å². The molecule has 2 aliphatic rings. The largest absolute Gasteiger partial charge is 0.485 e. The molecule has 2 aromatic carbocycles. The number of halogens is 2. The topological polar surface area (TPSA) is 53.0 Å². The summed E-state index contributed by atoms with van der Waals surface area (Å²) in [7, 11) is 0. The number of hydrogen-bond acceptors (Lipinski definition) is 5. The molecule has 166 valence electrons. The first-order valence-electron chi connectivity index (χ1n) is 10.3. The van der Waals surface area contributed by atoms with Gasteiger partial charge < -0.3 is 14.7 Å². The number of amides is 1. The predicted octanol–water partition coefficient (Wildman–Crippen LogP) is 3.92. The fourth-order valence-corrected chi connectivity index (χ4v) is 4.81. The highest BCUT2D eigenvalue weighted by atomic mass is 32.2. The third-order valence-corrected chi connectivity index (χ3v) is 6.53. The summed E-state index contributed by atoms with van der Waals surface area (Å²) in [5, 5.41) is 11.1. The van der Waals surface area contributed by atoms with Crippen molar-refractivity contribution < 1.29 is 23.4 Å². The van der Waals surface area contributed by atoms with Gasteiger partial charge in [-0.1, -0.05) is 42.1 Å². The van der Waals surface area contributed by atoms with Crippen molar-refractivity contribution in [2.75, 3.05) is 19.6 Å². The Balaban J connectivity index is 1.58. The van der Waals surface area contributed by atoms with E-state index in [9.17, 15) is 18.7 Å². The fourth-order valence-electron chi connectivity index (χ4n) is 4.26. The number of carbonyl (C=O) groups is 1. The first kappa shape index (κ1) is 22.0. The maximum absolute atomic E-state index is 13.1. The molecule has 1 N–H and O–H groups in total. The molecule has 5 nitrogen and oxygen atoms in total. The van der Waals surface area contributed by atoms with Crippen LogP contribution in [0.5, 0.6) is 5.75 Å². The third kappa shape index (κ3) is 4.71. The van der Waals surface area contributed by atoms with E-state index >= 15 is 0 Å². The second-order valence-electron chi connectivity index (χ2n) is 8.46. The molecule has 2 aromatic rings. The summed E-state index contributed by atoms with van der Waals surface area (Å²) in [6, 6.07) is 14.2. The summed E-state index contributed by atoms with van der Waals surface area (Å²) in [5.41, 5.74) is 0.786. The monoisotopic (exact) mass is 448 g/mol. The molecule has 2 atom stereocenters. The first-order chi connectivity index (χ1) is 14.7. The number of nitrogens with zero attached hydrogens (tertiary/aromatic N) is 2. The Bertz CT molecular complexity index is 942. The van der Waals surface area contributed by atoms with E-state index in [-0.39, 0.29) is 12.5 Å². The van der Waals surface area contributed by atoms with Crippen LogP contribution in [0, 0.1) is 0 Å². The van der Waals surface area contributed by atoms with Crippen molar-refractivity contribution in [3.05, 3.63) is 59.7 Å². The van der Waals surface area contributed by atoms with Crippen LogP contribution in [0.1, 0.15) is 31.0 Å². The number of alkyl halides is 2. The van der Waals surface area contributed by atoms with E-state index in [1.165, 1.54) is 0 Å². The summed E-state index contributed by atoms with van der Waals surface area (Å²) in [4.78, 5) is 17.3. The number of aliphatic hydroxyl groups is 1. The van der Waals surface area contributed by atoms with Crippen LogP contribution < -0.4 is 4.74 Å². The van der Waals surface area contributed by atoms with Crippen molar-refractivity contribution in [3.8, 4) is 5.75 Å². The number of benzene rings is 2. The molecule has 8 heteroatoms. The van der Waals surface area contributed by atoms with Gasteiger partial charge in [-0.15, -0.1) is 0 Å². The molecular formula is C23H26F2N2O3S. The molecule has 1 amide bonds. The number of fused-ring (bicyclic) bond motifs is 1.